The van der Waals surface area contributed by atoms with E-state index in [1.165, 1.54) is 6.92 Å². The van der Waals surface area contributed by atoms with Crippen molar-refractivity contribution in [3.63, 3.8) is 0 Å². The number of Topliss-reactive ketones (excluding diaryl/α,β-unsaturated/α-hetero) is 1. The number of cyclic esters (lactones) is 1. The third kappa shape index (κ3) is 7.57. The fourth-order valence-corrected chi connectivity index (χ4v) is 7.18. The second-order valence-corrected chi connectivity index (χ2v) is 13.5. The molecule has 3 aliphatic heterocycles. The normalized spacial score (nSPS) is 43.0. The van der Waals surface area contributed by atoms with Crippen LogP contribution in [0.25, 0.3) is 0 Å². The predicted molar refractivity (Wildman–Crippen MR) is 160 cm³/mol. The number of alkyl carbamates (subject to hydrolysis) is 1. The van der Waals surface area contributed by atoms with E-state index in [9.17, 15) is 24.3 Å². The number of carbonyl (C=O) groups is 4. The summed E-state index contributed by atoms with van der Waals surface area (Å²) in [6.07, 6.45) is -4.20. The van der Waals surface area contributed by atoms with Crippen LogP contribution >= 0.6 is 0 Å². The van der Waals surface area contributed by atoms with Crippen LogP contribution in [0.2, 0.25) is 0 Å². The molecule has 12 nitrogen and oxygen atoms in total. The van der Waals surface area contributed by atoms with Gasteiger partial charge in [0.25, 0.3) is 0 Å². The lowest BCUT2D eigenvalue weighted by atomic mass is 9.75. The van der Waals surface area contributed by atoms with Crippen molar-refractivity contribution in [2.75, 3.05) is 14.1 Å². The highest BCUT2D eigenvalue weighted by Gasteiger charge is 2.56. The van der Waals surface area contributed by atoms with E-state index in [2.05, 4.69) is 5.32 Å². The van der Waals surface area contributed by atoms with Crippen LogP contribution in [-0.2, 0) is 38.1 Å². The maximum Gasteiger partial charge on any atom is 0.408 e. The van der Waals surface area contributed by atoms with Crippen molar-refractivity contribution in [2.45, 2.75) is 136 Å². The van der Waals surface area contributed by atoms with Crippen molar-refractivity contribution in [3.8, 4) is 0 Å². The van der Waals surface area contributed by atoms with Crippen LogP contribution in [0.4, 0.5) is 4.79 Å². The van der Waals surface area contributed by atoms with E-state index in [0.29, 0.717) is 19.3 Å². The molecule has 1 amide bonds. The minimum Gasteiger partial charge on any atom is -0.458 e. The van der Waals surface area contributed by atoms with Crippen molar-refractivity contribution in [3.05, 3.63) is 5.92 Å². The molecule has 2 N–H and O–H groups in total. The number of ether oxygens (including phenoxy) is 5. The molecular weight excluding hydrogens is 572 g/mol. The number of fused-ring (bicyclic) bond motifs is 1. The van der Waals surface area contributed by atoms with E-state index in [4.69, 9.17) is 23.7 Å². The first kappa shape index (κ1) is 36.2. The molecule has 3 saturated heterocycles. The van der Waals surface area contributed by atoms with Gasteiger partial charge in [0.15, 0.2) is 18.0 Å². The molecule has 3 heterocycles. The number of ketones is 1. The van der Waals surface area contributed by atoms with Crippen molar-refractivity contribution >= 4 is 23.8 Å². The van der Waals surface area contributed by atoms with E-state index in [1.807, 2.05) is 46.7 Å². The first-order valence-corrected chi connectivity index (χ1v) is 15.8. The van der Waals surface area contributed by atoms with E-state index >= 15 is 0 Å². The Bertz CT molecular complexity index is 1050. The molecule has 13 atom stereocenters. The molecule has 0 saturated carbocycles. The number of rotatable bonds is 5. The Hall–Kier alpha value is -2.28. The Balaban J connectivity index is 2.02. The van der Waals surface area contributed by atoms with E-state index < -0.39 is 84.1 Å². The van der Waals surface area contributed by atoms with Crippen LogP contribution in [0, 0.1) is 29.6 Å². The summed E-state index contributed by atoms with van der Waals surface area (Å²) in [4.78, 5) is 53.9. The summed E-state index contributed by atoms with van der Waals surface area (Å²) >= 11 is 0. The summed E-state index contributed by atoms with van der Waals surface area (Å²) in [5.74, 6) is -3.21. The summed E-state index contributed by atoms with van der Waals surface area (Å²) in [6, 6.07) is -0.923. The predicted octanol–water partition coefficient (Wildman–Crippen LogP) is 3.03. The maximum atomic E-state index is 13.8. The molecule has 0 aromatic heterocycles. The average molecular weight is 626 g/mol. The Labute approximate surface area is 261 Å². The minimum atomic E-state index is -1.29. The molecular formula is C32H53N2O10. The van der Waals surface area contributed by atoms with Crippen molar-refractivity contribution in [1.29, 1.82) is 0 Å². The van der Waals surface area contributed by atoms with Crippen LogP contribution in [0.15, 0.2) is 0 Å². The first-order valence-electron chi connectivity index (χ1n) is 15.8. The van der Waals surface area contributed by atoms with E-state index in [-0.39, 0.29) is 17.9 Å². The molecule has 0 spiro atoms. The molecule has 0 aliphatic carbocycles. The molecule has 1 radical (unpaired) electrons. The summed E-state index contributed by atoms with van der Waals surface area (Å²) in [5, 5.41) is 14.3. The van der Waals surface area contributed by atoms with Crippen molar-refractivity contribution in [2.24, 2.45) is 23.7 Å². The molecule has 0 unspecified atom stereocenters. The highest BCUT2D eigenvalue weighted by molar-refractivity contribution is 5.85. The van der Waals surface area contributed by atoms with Crippen LogP contribution < -0.4 is 5.32 Å². The van der Waals surface area contributed by atoms with Gasteiger partial charge >= 0.3 is 18.0 Å². The van der Waals surface area contributed by atoms with Gasteiger partial charge in [-0.25, -0.2) is 4.79 Å². The highest BCUT2D eigenvalue weighted by Crippen LogP contribution is 2.39. The Morgan fingerprint density at radius 3 is 2.32 bits per heavy atom. The molecule has 0 bridgehead atoms. The largest absolute Gasteiger partial charge is 0.458 e. The number of aliphatic hydroxyl groups is 1. The lowest BCUT2D eigenvalue weighted by Gasteiger charge is -2.45. The van der Waals surface area contributed by atoms with E-state index in [0.717, 1.165) is 5.92 Å². The average Bonchev–Trinajstić information content (AvgIpc) is 3.26. The molecule has 251 valence electrons. The van der Waals surface area contributed by atoms with Gasteiger partial charge in [-0.2, -0.15) is 0 Å². The number of esters is 2. The minimum absolute atomic E-state index is 0.0991. The summed E-state index contributed by atoms with van der Waals surface area (Å²) in [5.41, 5.74) is -1.29. The van der Waals surface area contributed by atoms with Gasteiger partial charge in [-0.3, -0.25) is 14.4 Å². The lowest BCUT2D eigenvalue weighted by molar-refractivity contribution is -0.278. The van der Waals surface area contributed by atoms with Gasteiger partial charge in [0.05, 0.1) is 36.3 Å². The van der Waals surface area contributed by atoms with Crippen LogP contribution in [-0.4, -0.2) is 102 Å². The second kappa shape index (κ2) is 14.4. The van der Waals surface area contributed by atoms with Crippen LogP contribution in [0.1, 0.15) is 81.6 Å². The summed E-state index contributed by atoms with van der Waals surface area (Å²) in [6.45, 7) is 15.5. The zero-order chi connectivity index (χ0) is 33.3. The number of hydrogen-bond acceptors (Lipinski definition) is 11. The van der Waals surface area contributed by atoms with E-state index in [1.54, 1.807) is 27.7 Å². The summed E-state index contributed by atoms with van der Waals surface area (Å²) < 4.78 is 30.1. The zero-order valence-electron chi connectivity index (χ0n) is 28.1. The van der Waals surface area contributed by atoms with Gasteiger partial charge in [-0.1, -0.05) is 34.6 Å². The molecule has 0 aromatic rings. The quantitative estimate of drug-likeness (QED) is 0.343. The standard InChI is InChI=1S/C32H53N2O10/c1-12-23-32(9)28(33-31(39)44-32)19(6)24(36)15(2)13-16(3)26(18(5)25(37)20(7)29(38)42-23)43-30-27(41-21(8)35)22(34(10)11)14-17(4)40-30/h15,17-20,22-23,25-28,30,37H,12-14H2,1-11H3,(H,33,39)/t15-,17-,18+,19+,20-,22+,23-,25+,26-,27-,28-,30+,32-/m1/s1. The fourth-order valence-electron chi connectivity index (χ4n) is 7.18. The topological polar surface area (TPSA) is 150 Å². The lowest BCUT2D eigenvalue weighted by Crippen LogP contribution is -2.58. The number of aliphatic hydroxyl groups excluding tert-OH is 1. The van der Waals surface area contributed by atoms with Crippen molar-refractivity contribution < 1.29 is 48.0 Å². The van der Waals surface area contributed by atoms with Gasteiger partial charge in [0.2, 0.25) is 0 Å². The molecule has 0 aromatic carbocycles. The third-order valence-corrected chi connectivity index (χ3v) is 9.75. The smallest absolute Gasteiger partial charge is 0.408 e. The van der Waals surface area contributed by atoms with Crippen LogP contribution in [0.5, 0.6) is 0 Å². The molecule has 3 rings (SSSR count). The zero-order valence-corrected chi connectivity index (χ0v) is 28.1. The number of nitrogens with zero attached hydrogens (tertiary/aromatic N) is 1. The van der Waals surface area contributed by atoms with Gasteiger partial charge in [-0.15, -0.1) is 0 Å². The van der Waals surface area contributed by atoms with Gasteiger partial charge < -0.3 is 39.0 Å². The van der Waals surface area contributed by atoms with Gasteiger partial charge in [0, 0.05) is 30.6 Å². The van der Waals surface area contributed by atoms with Gasteiger partial charge in [-0.05, 0) is 54.1 Å². The SMILES string of the molecule is CC[C@H]1OC(=O)[C@H](C)[C@@H](O)[C@H](C)[C@H](O[C@@H]2O[C@H](C)C[C@H](N(C)C)[C@H]2OC(C)=O)[C](C)C[C@@H](C)C(=O)[C@H](C)[C@H]2NC(=O)O[C@@]21C. The summed E-state index contributed by atoms with van der Waals surface area (Å²) in [7, 11) is 3.80. The number of likely N-dealkylation sites (N-methyl/N-ethyl adjacent to an activating group) is 1. The fraction of sp³-hybridized carbons (Fsp3) is 0.844. The molecule has 3 fully saturated rings. The number of carbonyl (C=O) groups excluding carboxylic acids is 4. The molecule has 44 heavy (non-hydrogen) atoms. The first-order chi connectivity index (χ1) is 20.4. The van der Waals surface area contributed by atoms with Gasteiger partial charge in [0.1, 0.15) is 11.9 Å². The Morgan fingerprint density at radius 1 is 1.11 bits per heavy atom. The highest BCUT2D eigenvalue weighted by atomic mass is 16.7. The number of amides is 1. The maximum absolute atomic E-state index is 13.8. The number of hydrogen-bond donors (Lipinski definition) is 2. The van der Waals surface area contributed by atoms with Crippen molar-refractivity contribution in [1.82, 2.24) is 10.2 Å². The third-order valence-electron chi connectivity index (χ3n) is 9.75. The Kier molecular flexibility index (Phi) is 11.9. The molecule has 12 heteroatoms. The number of nitrogens with one attached hydrogen (secondary N) is 1. The second-order valence-electron chi connectivity index (χ2n) is 13.5. The monoisotopic (exact) mass is 625 g/mol. The molecule has 3 aliphatic rings. The van der Waals surface area contributed by atoms with Crippen LogP contribution in [0.3, 0.4) is 0 Å². The Morgan fingerprint density at radius 2 is 1.75 bits per heavy atom.